The molecule has 0 atom stereocenters. The van der Waals surface area contributed by atoms with Crippen LogP contribution in [0, 0.1) is 11.3 Å². The molecule has 0 fully saturated rings. The number of hydrogen-bond acceptors (Lipinski definition) is 4. The average molecular weight is 270 g/mol. The fourth-order valence-electron chi connectivity index (χ4n) is 2.04. The second kappa shape index (κ2) is 6.20. The summed E-state index contributed by atoms with van der Waals surface area (Å²) in [6.07, 6.45) is 0.639. The molecule has 0 N–H and O–H groups in total. The first-order valence-electron chi connectivity index (χ1n) is 6.71. The number of nitrogens with zero attached hydrogens (tertiary/aromatic N) is 4. The molecule has 104 valence electrons. The molecule has 20 heavy (non-hydrogen) atoms. The number of nitriles is 1. The van der Waals surface area contributed by atoms with Crippen LogP contribution >= 0.6 is 0 Å². The largest absolute Gasteiger partial charge is 0.494 e. The highest BCUT2D eigenvalue weighted by atomic mass is 16.5. The van der Waals surface area contributed by atoms with Gasteiger partial charge in [0.2, 0.25) is 0 Å². The van der Waals surface area contributed by atoms with Crippen LogP contribution in [0.3, 0.4) is 0 Å². The first-order chi connectivity index (χ1) is 9.65. The lowest BCUT2D eigenvalue weighted by molar-refractivity contribution is 0.340. The summed E-state index contributed by atoms with van der Waals surface area (Å²) in [5, 5.41) is 17.1. The van der Waals surface area contributed by atoms with Gasteiger partial charge in [0.25, 0.3) is 0 Å². The van der Waals surface area contributed by atoms with Gasteiger partial charge in [-0.2, -0.15) is 5.26 Å². The summed E-state index contributed by atoms with van der Waals surface area (Å²) in [6, 6.07) is 10.2. The van der Waals surface area contributed by atoms with Crippen molar-refractivity contribution in [2.24, 2.45) is 0 Å². The van der Waals surface area contributed by atoms with Crippen LogP contribution in [0.25, 0.3) is 0 Å². The zero-order valence-corrected chi connectivity index (χ0v) is 12.0. The minimum Gasteiger partial charge on any atom is -0.494 e. The van der Waals surface area contributed by atoms with Gasteiger partial charge >= 0.3 is 0 Å². The summed E-state index contributed by atoms with van der Waals surface area (Å²) in [7, 11) is 0. The van der Waals surface area contributed by atoms with E-state index in [0.717, 1.165) is 17.0 Å². The SMILES string of the molecule is CCOc1ccc(Cc2c(C#N)nnn2C(C)C)cc1. The molecule has 0 aliphatic rings. The monoisotopic (exact) mass is 270 g/mol. The minimum atomic E-state index is 0.183. The van der Waals surface area contributed by atoms with Gasteiger partial charge in [-0.15, -0.1) is 5.10 Å². The topological polar surface area (TPSA) is 63.7 Å². The van der Waals surface area contributed by atoms with Crippen LogP contribution in [-0.2, 0) is 6.42 Å². The zero-order valence-electron chi connectivity index (χ0n) is 12.0. The Balaban J connectivity index is 2.25. The molecule has 0 unspecified atom stereocenters. The molecular formula is C15H18N4O. The Labute approximate surface area is 118 Å². The van der Waals surface area contributed by atoms with Gasteiger partial charge in [0.15, 0.2) is 5.69 Å². The Hall–Kier alpha value is -2.35. The number of aromatic nitrogens is 3. The van der Waals surface area contributed by atoms with Gasteiger partial charge in [-0.25, -0.2) is 4.68 Å². The maximum Gasteiger partial charge on any atom is 0.186 e. The quantitative estimate of drug-likeness (QED) is 0.838. The lowest BCUT2D eigenvalue weighted by atomic mass is 10.1. The van der Waals surface area contributed by atoms with E-state index in [2.05, 4.69) is 16.4 Å². The molecule has 0 saturated carbocycles. The lowest BCUT2D eigenvalue weighted by Crippen LogP contribution is -2.08. The molecule has 0 saturated heterocycles. The Kier molecular flexibility index (Phi) is 4.36. The van der Waals surface area contributed by atoms with E-state index in [4.69, 9.17) is 10.00 Å². The van der Waals surface area contributed by atoms with Gasteiger partial charge in [-0.05, 0) is 38.5 Å². The summed E-state index contributed by atoms with van der Waals surface area (Å²) in [5.74, 6) is 0.854. The molecule has 2 rings (SSSR count). The lowest BCUT2D eigenvalue weighted by Gasteiger charge is -2.10. The molecule has 5 nitrogen and oxygen atoms in total. The Morgan fingerprint density at radius 1 is 1.30 bits per heavy atom. The Morgan fingerprint density at radius 3 is 2.55 bits per heavy atom. The van der Waals surface area contributed by atoms with Crippen LogP contribution in [0.2, 0.25) is 0 Å². The van der Waals surface area contributed by atoms with Crippen molar-refractivity contribution in [3.8, 4) is 11.8 Å². The fraction of sp³-hybridized carbons (Fsp3) is 0.400. The van der Waals surface area contributed by atoms with Crippen LogP contribution in [0.5, 0.6) is 5.75 Å². The number of ether oxygens (including phenoxy) is 1. The maximum atomic E-state index is 9.12. The van der Waals surface area contributed by atoms with E-state index in [1.165, 1.54) is 0 Å². The van der Waals surface area contributed by atoms with Crippen molar-refractivity contribution in [3.05, 3.63) is 41.2 Å². The highest BCUT2D eigenvalue weighted by Crippen LogP contribution is 2.18. The third-order valence-corrected chi connectivity index (χ3v) is 2.99. The van der Waals surface area contributed by atoms with Crippen LogP contribution in [0.1, 0.15) is 43.8 Å². The normalized spacial score (nSPS) is 10.6. The van der Waals surface area contributed by atoms with Gasteiger partial charge in [0.05, 0.1) is 12.3 Å². The van der Waals surface area contributed by atoms with E-state index < -0.39 is 0 Å². The standard InChI is InChI=1S/C15H18N4O/c1-4-20-13-7-5-12(6-8-13)9-15-14(10-16)17-18-19(15)11(2)3/h5-8,11H,4,9H2,1-3H3. The molecule has 2 aromatic rings. The van der Waals surface area contributed by atoms with Crippen molar-refractivity contribution in [3.63, 3.8) is 0 Å². The number of rotatable bonds is 5. The third-order valence-electron chi connectivity index (χ3n) is 2.99. The number of hydrogen-bond donors (Lipinski definition) is 0. The Morgan fingerprint density at radius 2 is 2.00 bits per heavy atom. The summed E-state index contributed by atoms with van der Waals surface area (Å²) < 4.78 is 7.22. The van der Waals surface area contributed by atoms with Gasteiger partial charge in [0, 0.05) is 12.5 Å². The van der Waals surface area contributed by atoms with Gasteiger partial charge in [-0.3, -0.25) is 0 Å². The van der Waals surface area contributed by atoms with Crippen molar-refractivity contribution in [1.29, 1.82) is 5.26 Å². The Bertz CT molecular complexity index is 608. The van der Waals surface area contributed by atoms with Crippen LogP contribution in [0.15, 0.2) is 24.3 Å². The molecule has 0 amide bonds. The van der Waals surface area contributed by atoms with E-state index >= 15 is 0 Å². The van der Waals surface area contributed by atoms with Crippen molar-refractivity contribution >= 4 is 0 Å². The van der Waals surface area contributed by atoms with Gasteiger partial charge < -0.3 is 4.74 Å². The summed E-state index contributed by atoms with van der Waals surface area (Å²) in [5.41, 5.74) is 2.35. The molecule has 0 bridgehead atoms. The highest BCUT2D eigenvalue weighted by Gasteiger charge is 2.15. The summed E-state index contributed by atoms with van der Waals surface area (Å²) >= 11 is 0. The van der Waals surface area contributed by atoms with E-state index in [-0.39, 0.29) is 6.04 Å². The second-order valence-corrected chi connectivity index (χ2v) is 4.79. The van der Waals surface area contributed by atoms with Crippen molar-refractivity contribution in [1.82, 2.24) is 15.0 Å². The second-order valence-electron chi connectivity index (χ2n) is 4.79. The maximum absolute atomic E-state index is 9.12. The van der Waals surface area contributed by atoms with E-state index in [1.807, 2.05) is 45.0 Å². The van der Waals surface area contributed by atoms with Gasteiger partial charge in [-0.1, -0.05) is 17.3 Å². The van der Waals surface area contributed by atoms with E-state index in [1.54, 1.807) is 4.68 Å². The summed E-state index contributed by atoms with van der Waals surface area (Å²) in [4.78, 5) is 0. The van der Waals surface area contributed by atoms with E-state index in [0.29, 0.717) is 18.7 Å². The number of benzene rings is 1. The fourth-order valence-corrected chi connectivity index (χ4v) is 2.04. The molecule has 1 aromatic heterocycles. The summed E-state index contributed by atoms with van der Waals surface area (Å²) in [6.45, 7) is 6.66. The molecule has 0 aliphatic carbocycles. The third kappa shape index (κ3) is 2.97. The molecule has 0 spiro atoms. The van der Waals surface area contributed by atoms with Crippen molar-refractivity contribution in [2.75, 3.05) is 6.61 Å². The smallest absolute Gasteiger partial charge is 0.186 e. The predicted molar refractivity (Wildman–Crippen MR) is 75.5 cm³/mol. The molecule has 0 radical (unpaired) electrons. The molecule has 5 heteroatoms. The predicted octanol–water partition coefficient (Wildman–Crippen LogP) is 2.72. The van der Waals surface area contributed by atoms with Crippen LogP contribution in [0.4, 0.5) is 0 Å². The van der Waals surface area contributed by atoms with Gasteiger partial charge in [0.1, 0.15) is 11.8 Å². The van der Waals surface area contributed by atoms with Crippen LogP contribution < -0.4 is 4.74 Å². The average Bonchev–Trinajstić information content (AvgIpc) is 2.84. The van der Waals surface area contributed by atoms with Crippen molar-refractivity contribution in [2.45, 2.75) is 33.2 Å². The molecule has 1 heterocycles. The molecule has 0 aliphatic heterocycles. The van der Waals surface area contributed by atoms with E-state index in [9.17, 15) is 0 Å². The minimum absolute atomic E-state index is 0.183. The van der Waals surface area contributed by atoms with Crippen LogP contribution in [-0.4, -0.2) is 21.6 Å². The first kappa shape index (κ1) is 14.1. The van der Waals surface area contributed by atoms with Crippen molar-refractivity contribution < 1.29 is 4.74 Å². The highest BCUT2D eigenvalue weighted by molar-refractivity contribution is 5.33. The molecular weight excluding hydrogens is 252 g/mol. The molecule has 1 aromatic carbocycles. The zero-order chi connectivity index (χ0) is 14.5. The first-order valence-corrected chi connectivity index (χ1v) is 6.71.